The van der Waals surface area contributed by atoms with Crippen LogP contribution >= 0.6 is 23.7 Å². The second kappa shape index (κ2) is 8.42. The molecule has 2 unspecified atom stereocenters. The summed E-state index contributed by atoms with van der Waals surface area (Å²) in [7, 11) is 0. The van der Waals surface area contributed by atoms with Gasteiger partial charge in [-0.1, -0.05) is 30.3 Å². The van der Waals surface area contributed by atoms with E-state index in [-0.39, 0.29) is 24.4 Å². The second-order valence-electron chi connectivity index (χ2n) is 7.02. The van der Waals surface area contributed by atoms with Crippen molar-refractivity contribution in [3.8, 4) is 0 Å². The van der Waals surface area contributed by atoms with Crippen molar-refractivity contribution in [3.05, 3.63) is 52.5 Å². The Morgan fingerprint density at radius 3 is 2.89 bits per heavy atom. The number of nitrogens with zero attached hydrogens (tertiary/aromatic N) is 2. The molecule has 7 heteroatoms. The molecule has 1 amide bonds. The van der Waals surface area contributed by atoms with Crippen LogP contribution in [0.3, 0.4) is 0 Å². The number of benzene rings is 1. The molecular weight excluding hydrogens is 380 g/mol. The molecular formula is C20H25ClN4OS. The zero-order valence-electron chi connectivity index (χ0n) is 15.6. The number of amides is 1. The standard InChI is InChI=1S/C20H24N4OS.ClH/c1-13-16-11-18(19(25)22-17-9-6-10-21-14(17)2)26-20(16)24(23-13)12-15-7-4-3-5-8-15;/h3-5,7-8,11,14,17,21H,6,9-10,12H2,1-2H3,(H,22,25);1H. The summed E-state index contributed by atoms with van der Waals surface area (Å²) in [4.78, 5) is 14.6. The van der Waals surface area contributed by atoms with E-state index >= 15 is 0 Å². The van der Waals surface area contributed by atoms with Crippen molar-refractivity contribution in [2.45, 2.75) is 45.3 Å². The van der Waals surface area contributed by atoms with E-state index in [1.165, 1.54) is 16.9 Å². The van der Waals surface area contributed by atoms with Crippen molar-refractivity contribution in [3.63, 3.8) is 0 Å². The highest BCUT2D eigenvalue weighted by molar-refractivity contribution is 7.20. The van der Waals surface area contributed by atoms with Crippen molar-refractivity contribution in [2.24, 2.45) is 0 Å². The van der Waals surface area contributed by atoms with Gasteiger partial charge in [0.1, 0.15) is 4.83 Å². The van der Waals surface area contributed by atoms with Crippen LogP contribution in [0.4, 0.5) is 0 Å². The zero-order valence-corrected chi connectivity index (χ0v) is 17.2. The Hall–Kier alpha value is -1.89. The molecule has 0 spiro atoms. The summed E-state index contributed by atoms with van der Waals surface area (Å²) < 4.78 is 2.01. The molecule has 0 radical (unpaired) electrons. The zero-order chi connectivity index (χ0) is 18.1. The lowest BCUT2D eigenvalue weighted by Gasteiger charge is -2.30. The number of aromatic nitrogens is 2. The molecule has 0 bridgehead atoms. The number of piperidine rings is 1. The van der Waals surface area contributed by atoms with E-state index < -0.39 is 0 Å². The van der Waals surface area contributed by atoms with E-state index in [2.05, 4.69) is 34.8 Å². The third kappa shape index (κ3) is 4.18. The van der Waals surface area contributed by atoms with Gasteiger partial charge in [-0.2, -0.15) is 5.10 Å². The normalized spacial score (nSPS) is 19.6. The van der Waals surface area contributed by atoms with Crippen LogP contribution in [0.1, 0.15) is 40.7 Å². The number of aryl methyl sites for hydroxylation is 1. The third-order valence-electron chi connectivity index (χ3n) is 5.08. The first-order valence-corrected chi connectivity index (χ1v) is 9.98. The number of carbonyl (C=O) groups excluding carboxylic acids is 1. The Kier molecular flexibility index (Phi) is 6.19. The third-order valence-corrected chi connectivity index (χ3v) is 6.23. The minimum atomic E-state index is 0. The molecule has 1 aliphatic heterocycles. The number of hydrogen-bond donors (Lipinski definition) is 2. The molecule has 2 N–H and O–H groups in total. The van der Waals surface area contributed by atoms with Crippen LogP contribution in [0.25, 0.3) is 10.2 Å². The lowest BCUT2D eigenvalue weighted by Crippen LogP contribution is -2.51. The fraction of sp³-hybridized carbons (Fsp3) is 0.400. The molecule has 27 heavy (non-hydrogen) atoms. The summed E-state index contributed by atoms with van der Waals surface area (Å²) in [5.41, 5.74) is 2.18. The van der Waals surface area contributed by atoms with Gasteiger partial charge in [0, 0.05) is 17.5 Å². The molecule has 1 fully saturated rings. The summed E-state index contributed by atoms with van der Waals surface area (Å²) in [5.74, 6) is 0.0254. The number of fused-ring (bicyclic) bond motifs is 1. The van der Waals surface area contributed by atoms with Gasteiger partial charge in [0.2, 0.25) is 0 Å². The van der Waals surface area contributed by atoms with Crippen molar-refractivity contribution in [1.82, 2.24) is 20.4 Å². The van der Waals surface area contributed by atoms with E-state index in [4.69, 9.17) is 0 Å². The maximum atomic E-state index is 12.7. The lowest BCUT2D eigenvalue weighted by molar-refractivity contribution is 0.0924. The number of thiophene rings is 1. The average Bonchev–Trinajstić information content (AvgIpc) is 3.20. The Bertz CT molecular complexity index is 921. The van der Waals surface area contributed by atoms with Gasteiger partial charge in [-0.25, -0.2) is 0 Å². The van der Waals surface area contributed by atoms with Gasteiger partial charge in [-0.15, -0.1) is 23.7 Å². The van der Waals surface area contributed by atoms with Gasteiger partial charge >= 0.3 is 0 Å². The summed E-state index contributed by atoms with van der Waals surface area (Å²) in [5, 5.41) is 12.4. The van der Waals surface area contributed by atoms with Crippen LogP contribution < -0.4 is 10.6 Å². The molecule has 3 aromatic rings. The molecule has 2 aromatic heterocycles. The number of nitrogens with one attached hydrogen (secondary N) is 2. The monoisotopic (exact) mass is 404 g/mol. The summed E-state index contributed by atoms with van der Waals surface area (Å²) >= 11 is 1.53. The van der Waals surface area contributed by atoms with Crippen molar-refractivity contribution in [2.75, 3.05) is 6.54 Å². The predicted molar refractivity (Wildman–Crippen MR) is 113 cm³/mol. The van der Waals surface area contributed by atoms with Crippen LogP contribution in [0.2, 0.25) is 0 Å². The predicted octanol–water partition coefficient (Wildman–Crippen LogP) is 3.75. The highest BCUT2D eigenvalue weighted by Crippen LogP contribution is 2.29. The smallest absolute Gasteiger partial charge is 0.261 e. The molecule has 3 heterocycles. The quantitative estimate of drug-likeness (QED) is 0.696. The highest BCUT2D eigenvalue weighted by atomic mass is 35.5. The maximum absolute atomic E-state index is 12.7. The Balaban J connectivity index is 0.00000210. The van der Waals surface area contributed by atoms with Gasteiger partial charge in [0.05, 0.1) is 17.1 Å². The largest absolute Gasteiger partial charge is 0.347 e. The van der Waals surface area contributed by atoms with Crippen molar-refractivity contribution < 1.29 is 4.79 Å². The van der Waals surface area contributed by atoms with Crippen LogP contribution in [0.15, 0.2) is 36.4 Å². The molecule has 1 saturated heterocycles. The fourth-order valence-corrected chi connectivity index (χ4v) is 4.63. The number of rotatable bonds is 4. The van der Waals surface area contributed by atoms with E-state index in [9.17, 15) is 4.79 Å². The van der Waals surface area contributed by atoms with Crippen LogP contribution in [-0.4, -0.2) is 34.3 Å². The minimum Gasteiger partial charge on any atom is -0.347 e. The molecule has 4 rings (SSSR count). The van der Waals surface area contributed by atoms with Crippen LogP contribution in [0, 0.1) is 6.92 Å². The molecule has 0 aliphatic carbocycles. The van der Waals surface area contributed by atoms with Gasteiger partial charge in [-0.05, 0) is 44.9 Å². The van der Waals surface area contributed by atoms with E-state index in [0.29, 0.717) is 6.04 Å². The molecule has 1 aliphatic rings. The molecule has 144 valence electrons. The second-order valence-corrected chi connectivity index (χ2v) is 8.05. The highest BCUT2D eigenvalue weighted by Gasteiger charge is 2.24. The van der Waals surface area contributed by atoms with E-state index in [0.717, 1.165) is 46.7 Å². The number of carbonyl (C=O) groups is 1. The SMILES string of the molecule is Cc1nn(Cc2ccccc2)c2sc(C(=O)NC3CCCNC3C)cc12.Cl. The maximum Gasteiger partial charge on any atom is 0.261 e. The van der Waals surface area contributed by atoms with Crippen LogP contribution in [0.5, 0.6) is 0 Å². The summed E-state index contributed by atoms with van der Waals surface area (Å²) in [6.07, 6.45) is 2.14. The van der Waals surface area contributed by atoms with Crippen LogP contribution in [-0.2, 0) is 6.54 Å². The van der Waals surface area contributed by atoms with E-state index in [1.807, 2.05) is 35.9 Å². The van der Waals surface area contributed by atoms with Gasteiger partial charge < -0.3 is 10.6 Å². The van der Waals surface area contributed by atoms with Crippen molar-refractivity contribution in [1.29, 1.82) is 0 Å². The summed E-state index contributed by atoms with van der Waals surface area (Å²) in [6.45, 7) is 5.89. The summed E-state index contributed by atoms with van der Waals surface area (Å²) in [6, 6.07) is 12.8. The molecule has 5 nitrogen and oxygen atoms in total. The first kappa shape index (κ1) is 19.9. The van der Waals surface area contributed by atoms with Gasteiger partial charge in [-0.3, -0.25) is 9.48 Å². The first-order chi connectivity index (χ1) is 12.6. The molecule has 1 aromatic carbocycles. The fourth-order valence-electron chi connectivity index (χ4n) is 3.57. The number of hydrogen-bond acceptors (Lipinski definition) is 4. The van der Waals surface area contributed by atoms with E-state index in [1.54, 1.807) is 0 Å². The first-order valence-electron chi connectivity index (χ1n) is 9.17. The van der Waals surface area contributed by atoms with Gasteiger partial charge in [0.25, 0.3) is 5.91 Å². The molecule has 2 atom stereocenters. The minimum absolute atomic E-state index is 0. The van der Waals surface area contributed by atoms with Gasteiger partial charge in [0.15, 0.2) is 0 Å². The Morgan fingerprint density at radius 1 is 1.37 bits per heavy atom. The Labute approximate surface area is 169 Å². The Morgan fingerprint density at radius 2 is 2.15 bits per heavy atom. The lowest BCUT2D eigenvalue weighted by atomic mass is 10.00. The average molecular weight is 405 g/mol. The molecule has 0 saturated carbocycles. The van der Waals surface area contributed by atoms with Crippen molar-refractivity contribution >= 4 is 39.9 Å². The topological polar surface area (TPSA) is 59.0 Å². The number of halogens is 1.